The second-order valence-electron chi connectivity index (χ2n) is 4.99. The molecule has 0 unspecified atom stereocenters. The number of hydrogen-bond donors (Lipinski definition) is 1. The minimum atomic E-state index is 0.647. The third-order valence-corrected chi connectivity index (χ3v) is 4.24. The molecule has 1 nitrogen and oxygen atoms in total. The van der Waals surface area contributed by atoms with Crippen LogP contribution in [0, 0.1) is 5.41 Å². The van der Waals surface area contributed by atoms with Crippen molar-refractivity contribution in [2.75, 3.05) is 6.54 Å². The fraction of sp³-hybridized carbons (Fsp3) is 1.00. The monoisotopic (exact) mass is 151 g/mol. The summed E-state index contributed by atoms with van der Waals surface area (Å²) in [6.07, 6.45) is 10.4. The van der Waals surface area contributed by atoms with E-state index in [0.717, 1.165) is 5.41 Å². The molecule has 1 heteroatoms. The van der Waals surface area contributed by atoms with E-state index in [0.29, 0.717) is 5.54 Å². The van der Waals surface area contributed by atoms with Gasteiger partial charge in [0.15, 0.2) is 0 Å². The van der Waals surface area contributed by atoms with Crippen LogP contribution in [-0.2, 0) is 0 Å². The van der Waals surface area contributed by atoms with Gasteiger partial charge in [0, 0.05) is 12.1 Å². The Bertz CT molecular complexity index is 165. The molecule has 0 radical (unpaired) electrons. The average molecular weight is 151 g/mol. The van der Waals surface area contributed by atoms with Crippen molar-refractivity contribution in [3.8, 4) is 0 Å². The first-order chi connectivity index (χ1) is 5.33. The average Bonchev–Trinajstić information content (AvgIpc) is 2.69. The van der Waals surface area contributed by atoms with Gasteiger partial charge in [-0.15, -0.1) is 0 Å². The highest BCUT2D eigenvalue weighted by molar-refractivity contribution is 5.07. The van der Waals surface area contributed by atoms with Crippen LogP contribution in [0.2, 0.25) is 0 Å². The van der Waals surface area contributed by atoms with Crippen molar-refractivity contribution < 1.29 is 0 Å². The molecule has 3 fully saturated rings. The highest BCUT2D eigenvalue weighted by Crippen LogP contribution is 2.54. The van der Waals surface area contributed by atoms with E-state index in [9.17, 15) is 0 Å². The molecule has 0 atom stereocenters. The Labute approximate surface area is 68.6 Å². The van der Waals surface area contributed by atoms with Gasteiger partial charge in [-0.05, 0) is 50.4 Å². The maximum atomic E-state index is 3.78. The molecule has 0 aromatic carbocycles. The lowest BCUT2D eigenvalue weighted by atomic mass is 9.69. The van der Waals surface area contributed by atoms with Gasteiger partial charge in [-0.2, -0.15) is 0 Å². The van der Waals surface area contributed by atoms with Gasteiger partial charge in [0.25, 0.3) is 0 Å². The lowest BCUT2D eigenvalue weighted by molar-refractivity contribution is 0.108. The zero-order chi connectivity index (χ0) is 7.36. The van der Waals surface area contributed by atoms with Crippen LogP contribution in [0.4, 0.5) is 0 Å². The predicted octanol–water partition coefficient (Wildman–Crippen LogP) is 2.07. The first kappa shape index (κ1) is 6.47. The molecule has 1 aliphatic heterocycles. The highest BCUT2D eigenvalue weighted by Gasteiger charge is 2.50. The summed E-state index contributed by atoms with van der Waals surface area (Å²) in [6, 6.07) is 0. The Kier molecular flexibility index (Phi) is 1.07. The van der Waals surface area contributed by atoms with E-state index in [2.05, 4.69) is 5.32 Å². The molecule has 0 amide bonds. The van der Waals surface area contributed by atoms with Crippen LogP contribution >= 0.6 is 0 Å². The predicted molar refractivity (Wildman–Crippen MR) is 45.5 cm³/mol. The lowest BCUT2D eigenvalue weighted by Crippen LogP contribution is -2.56. The van der Waals surface area contributed by atoms with Crippen LogP contribution in [-0.4, -0.2) is 12.1 Å². The van der Waals surface area contributed by atoms with Gasteiger partial charge < -0.3 is 5.32 Å². The zero-order valence-electron chi connectivity index (χ0n) is 7.16. The maximum Gasteiger partial charge on any atom is 0.0182 e. The highest BCUT2D eigenvalue weighted by atomic mass is 15.0. The summed E-state index contributed by atoms with van der Waals surface area (Å²) >= 11 is 0. The number of rotatable bonds is 0. The fourth-order valence-electron chi connectivity index (χ4n) is 2.69. The second kappa shape index (κ2) is 1.82. The minimum absolute atomic E-state index is 0.647. The summed E-state index contributed by atoms with van der Waals surface area (Å²) in [7, 11) is 0. The van der Waals surface area contributed by atoms with Gasteiger partial charge in [0.1, 0.15) is 0 Å². The van der Waals surface area contributed by atoms with E-state index >= 15 is 0 Å². The summed E-state index contributed by atoms with van der Waals surface area (Å²) in [5.74, 6) is 0. The van der Waals surface area contributed by atoms with Crippen molar-refractivity contribution >= 4 is 0 Å². The molecule has 0 bridgehead atoms. The van der Waals surface area contributed by atoms with Crippen LogP contribution in [0.25, 0.3) is 0 Å². The molecular weight excluding hydrogens is 134 g/mol. The van der Waals surface area contributed by atoms with Crippen molar-refractivity contribution in [2.45, 2.75) is 50.5 Å². The normalized spacial score (nSPS) is 37.1. The van der Waals surface area contributed by atoms with Crippen LogP contribution < -0.4 is 5.32 Å². The Morgan fingerprint density at radius 3 is 1.91 bits per heavy atom. The molecule has 2 aliphatic carbocycles. The zero-order valence-corrected chi connectivity index (χ0v) is 7.16. The van der Waals surface area contributed by atoms with E-state index in [-0.39, 0.29) is 0 Å². The van der Waals surface area contributed by atoms with E-state index < -0.39 is 0 Å². The SMILES string of the molecule is C1CC2(C1)CCC1(CC1)CN2. The maximum absolute atomic E-state index is 3.78. The van der Waals surface area contributed by atoms with Crippen LogP contribution in [0.1, 0.15) is 44.9 Å². The third-order valence-electron chi connectivity index (χ3n) is 4.24. The molecule has 1 saturated heterocycles. The second-order valence-corrected chi connectivity index (χ2v) is 4.99. The van der Waals surface area contributed by atoms with Gasteiger partial charge in [-0.3, -0.25) is 0 Å². The Balaban J connectivity index is 1.68. The number of piperidine rings is 1. The molecule has 11 heavy (non-hydrogen) atoms. The van der Waals surface area contributed by atoms with E-state index in [1.807, 2.05) is 0 Å². The fourth-order valence-corrected chi connectivity index (χ4v) is 2.69. The molecule has 0 aromatic heterocycles. The van der Waals surface area contributed by atoms with Gasteiger partial charge >= 0.3 is 0 Å². The largest absolute Gasteiger partial charge is 0.311 e. The van der Waals surface area contributed by atoms with Crippen molar-refractivity contribution in [3.63, 3.8) is 0 Å². The van der Waals surface area contributed by atoms with Crippen molar-refractivity contribution in [3.05, 3.63) is 0 Å². The lowest BCUT2D eigenvalue weighted by Gasteiger charge is -2.48. The molecule has 3 rings (SSSR count). The first-order valence-corrected chi connectivity index (χ1v) is 5.08. The molecule has 1 heterocycles. The molecular formula is C10H17N. The standard InChI is InChI=1S/C10H17N/c1-2-10(3-1)7-6-9(4-5-9)8-11-10/h11H,1-8H2. The van der Waals surface area contributed by atoms with Crippen molar-refractivity contribution in [2.24, 2.45) is 5.41 Å². The van der Waals surface area contributed by atoms with Crippen LogP contribution in [0.5, 0.6) is 0 Å². The Hall–Kier alpha value is -0.0400. The molecule has 1 N–H and O–H groups in total. The molecule has 2 saturated carbocycles. The van der Waals surface area contributed by atoms with Gasteiger partial charge in [0.2, 0.25) is 0 Å². The molecule has 2 spiro atoms. The van der Waals surface area contributed by atoms with E-state index in [1.54, 1.807) is 0 Å². The number of hydrogen-bond acceptors (Lipinski definition) is 1. The van der Waals surface area contributed by atoms with E-state index in [4.69, 9.17) is 0 Å². The van der Waals surface area contributed by atoms with Crippen LogP contribution in [0.3, 0.4) is 0 Å². The quantitative estimate of drug-likeness (QED) is 0.559. The molecule has 3 aliphatic rings. The van der Waals surface area contributed by atoms with Crippen molar-refractivity contribution in [1.82, 2.24) is 5.32 Å². The van der Waals surface area contributed by atoms with Gasteiger partial charge in [0.05, 0.1) is 0 Å². The minimum Gasteiger partial charge on any atom is -0.311 e. The van der Waals surface area contributed by atoms with Gasteiger partial charge in [-0.25, -0.2) is 0 Å². The number of nitrogens with one attached hydrogen (secondary N) is 1. The molecule has 62 valence electrons. The third kappa shape index (κ3) is 0.868. The summed E-state index contributed by atoms with van der Waals surface area (Å²) in [5.41, 5.74) is 1.45. The van der Waals surface area contributed by atoms with Crippen molar-refractivity contribution in [1.29, 1.82) is 0 Å². The summed E-state index contributed by atoms with van der Waals surface area (Å²) in [5, 5.41) is 3.78. The Morgan fingerprint density at radius 1 is 0.818 bits per heavy atom. The summed E-state index contributed by atoms with van der Waals surface area (Å²) in [6.45, 7) is 1.34. The Morgan fingerprint density at radius 2 is 1.55 bits per heavy atom. The topological polar surface area (TPSA) is 12.0 Å². The van der Waals surface area contributed by atoms with Gasteiger partial charge in [-0.1, -0.05) is 0 Å². The first-order valence-electron chi connectivity index (χ1n) is 5.08. The summed E-state index contributed by atoms with van der Waals surface area (Å²) < 4.78 is 0. The summed E-state index contributed by atoms with van der Waals surface area (Å²) in [4.78, 5) is 0. The molecule has 0 aromatic rings. The van der Waals surface area contributed by atoms with Crippen LogP contribution in [0.15, 0.2) is 0 Å². The van der Waals surface area contributed by atoms with E-state index in [1.165, 1.54) is 51.5 Å². The smallest absolute Gasteiger partial charge is 0.0182 e.